The Morgan fingerprint density at radius 1 is 1.17 bits per heavy atom. The molecule has 1 aliphatic rings. The van der Waals surface area contributed by atoms with Gasteiger partial charge in [0.25, 0.3) is 5.91 Å². The van der Waals surface area contributed by atoms with E-state index >= 15 is 0 Å². The smallest absolute Gasteiger partial charge is 0.296 e. The lowest BCUT2D eigenvalue weighted by molar-refractivity contribution is -0.140. The zero-order valence-corrected chi connectivity index (χ0v) is 13.5. The van der Waals surface area contributed by atoms with Crippen molar-refractivity contribution in [3.05, 3.63) is 35.9 Å². The van der Waals surface area contributed by atoms with Crippen LogP contribution in [0, 0.1) is 17.8 Å². The summed E-state index contributed by atoms with van der Waals surface area (Å²) in [5, 5.41) is 2.74. The molecule has 0 saturated carbocycles. The Morgan fingerprint density at radius 3 is 2.43 bits per heavy atom. The van der Waals surface area contributed by atoms with Gasteiger partial charge in [-0.15, -0.1) is 0 Å². The van der Waals surface area contributed by atoms with Gasteiger partial charge in [0.05, 0.1) is 13.2 Å². The van der Waals surface area contributed by atoms with Crippen LogP contribution in [0.1, 0.15) is 19.4 Å². The summed E-state index contributed by atoms with van der Waals surface area (Å²) >= 11 is 0. The maximum Gasteiger partial charge on any atom is 0.296 e. The molecule has 1 aromatic carbocycles. The topological polar surface area (TPSA) is 58.6 Å². The average Bonchev–Trinajstić information content (AvgIpc) is 2.58. The molecule has 23 heavy (non-hydrogen) atoms. The molecule has 0 unspecified atom stereocenters. The van der Waals surface area contributed by atoms with Gasteiger partial charge in [0.1, 0.15) is 6.04 Å². The number of carbonyl (C=O) groups is 2. The van der Waals surface area contributed by atoms with Gasteiger partial charge >= 0.3 is 0 Å². The number of amides is 2. The maximum atomic E-state index is 12.6. The van der Waals surface area contributed by atoms with Crippen molar-refractivity contribution in [3.63, 3.8) is 0 Å². The fraction of sp³-hybridized carbons (Fsp3) is 0.444. The molecule has 0 radical (unpaired) electrons. The summed E-state index contributed by atoms with van der Waals surface area (Å²) in [4.78, 5) is 26.3. The Morgan fingerprint density at radius 2 is 1.83 bits per heavy atom. The summed E-state index contributed by atoms with van der Waals surface area (Å²) in [6.45, 7) is 6.03. The van der Waals surface area contributed by atoms with E-state index < -0.39 is 11.9 Å². The van der Waals surface area contributed by atoms with Crippen LogP contribution in [0.15, 0.2) is 30.3 Å². The molecule has 1 fully saturated rings. The van der Waals surface area contributed by atoms with Crippen molar-refractivity contribution >= 4 is 11.8 Å². The van der Waals surface area contributed by atoms with E-state index in [1.807, 2.05) is 44.2 Å². The molecule has 2 amide bonds. The van der Waals surface area contributed by atoms with E-state index in [-0.39, 0.29) is 11.8 Å². The Hall–Kier alpha value is -2.32. The number of morpholine rings is 1. The van der Waals surface area contributed by atoms with Gasteiger partial charge in [-0.25, -0.2) is 0 Å². The molecule has 122 valence electrons. The van der Waals surface area contributed by atoms with Crippen LogP contribution < -0.4 is 5.32 Å². The number of benzene rings is 1. The summed E-state index contributed by atoms with van der Waals surface area (Å²) < 4.78 is 5.26. The Balaban J connectivity index is 2.00. The molecule has 1 saturated heterocycles. The third-order valence-corrected chi connectivity index (χ3v) is 3.64. The molecule has 5 nitrogen and oxygen atoms in total. The summed E-state index contributed by atoms with van der Waals surface area (Å²) in [5.74, 6) is 4.83. The minimum atomic E-state index is -0.564. The van der Waals surface area contributed by atoms with Crippen LogP contribution in [-0.2, 0) is 14.3 Å². The van der Waals surface area contributed by atoms with E-state index in [1.165, 1.54) is 0 Å². The van der Waals surface area contributed by atoms with Gasteiger partial charge in [-0.2, -0.15) is 0 Å². The highest BCUT2D eigenvalue weighted by Gasteiger charge is 2.29. The highest BCUT2D eigenvalue weighted by atomic mass is 16.5. The van der Waals surface area contributed by atoms with Gasteiger partial charge in [0, 0.05) is 24.6 Å². The Bertz CT molecular complexity index is 596. The predicted molar refractivity (Wildman–Crippen MR) is 87.5 cm³/mol. The maximum absolute atomic E-state index is 12.6. The van der Waals surface area contributed by atoms with Gasteiger partial charge in [0.2, 0.25) is 5.91 Å². The third-order valence-electron chi connectivity index (χ3n) is 3.64. The van der Waals surface area contributed by atoms with E-state index in [0.29, 0.717) is 26.3 Å². The molecule has 1 aliphatic heterocycles. The second-order valence-corrected chi connectivity index (χ2v) is 5.75. The first-order valence-corrected chi connectivity index (χ1v) is 7.82. The summed E-state index contributed by atoms with van der Waals surface area (Å²) in [5.41, 5.74) is 0.767. The predicted octanol–water partition coefficient (Wildman–Crippen LogP) is 1.04. The SMILES string of the molecule is CC(C)[C@H](NC(=O)C#Cc1ccccc1)C(=O)N1CCOCC1. The molecule has 0 aromatic heterocycles. The van der Waals surface area contributed by atoms with Crippen molar-refractivity contribution in [1.29, 1.82) is 0 Å². The standard InChI is InChI=1S/C18H22N2O3/c1-14(2)17(18(22)20-10-12-23-13-11-20)19-16(21)9-8-15-6-4-3-5-7-15/h3-7,14,17H,10-13H2,1-2H3,(H,19,21)/t17-/m0/s1. The largest absolute Gasteiger partial charge is 0.378 e. The lowest BCUT2D eigenvalue weighted by atomic mass is 10.0. The minimum Gasteiger partial charge on any atom is -0.378 e. The van der Waals surface area contributed by atoms with E-state index in [2.05, 4.69) is 17.2 Å². The first kappa shape index (κ1) is 17.0. The number of nitrogens with zero attached hydrogens (tertiary/aromatic N) is 1. The van der Waals surface area contributed by atoms with Crippen LogP contribution in [0.2, 0.25) is 0 Å². The van der Waals surface area contributed by atoms with Crippen molar-refractivity contribution in [2.45, 2.75) is 19.9 Å². The Labute approximate surface area is 137 Å². The van der Waals surface area contributed by atoms with Crippen molar-refractivity contribution < 1.29 is 14.3 Å². The highest BCUT2D eigenvalue weighted by molar-refractivity contribution is 5.97. The molecule has 0 spiro atoms. The van der Waals surface area contributed by atoms with Gasteiger partial charge in [0.15, 0.2) is 0 Å². The fourth-order valence-electron chi connectivity index (χ4n) is 2.32. The number of carbonyl (C=O) groups excluding carboxylic acids is 2. The van der Waals surface area contributed by atoms with Crippen molar-refractivity contribution in [3.8, 4) is 11.8 Å². The van der Waals surface area contributed by atoms with Crippen LogP contribution in [0.25, 0.3) is 0 Å². The average molecular weight is 314 g/mol. The van der Waals surface area contributed by atoms with E-state index in [1.54, 1.807) is 4.90 Å². The van der Waals surface area contributed by atoms with Crippen molar-refractivity contribution in [2.24, 2.45) is 5.92 Å². The van der Waals surface area contributed by atoms with E-state index in [0.717, 1.165) is 5.56 Å². The van der Waals surface area contributed by atoms with Crippen LogP contribution in [0.5, 0.6) is 0 Å². The summed E-state index contributed by atoms with van der Waals surface area (Å²) in [6, 6.07) is 8.71. The molecule has 1 N–H and O–H groups in total. The molecule has 0 aliphatic carbocycles. The fourth-order valence-corrected chi connectivity index (χ4v) is 2.32. The molecule has 5 heteroatoms. The monoisotopic (exact) mass is 314 g/mol. The number of hydrogen-bond acceptors (Lipinski definition) is 3. The quantitative estimate of drug-likeness (QED) is 0.848. The second kappa shape index (κ2) is 8.35. The van der Waals surface area contributed by atoms with Crippen molar-refractivity contribution in [1.82, 2.24) is 10.2 Å². The van der Waals surface area contributed by atoms with Crippen LogP contribution in [-0.4, -0.2) is 49.1 Å². The number of rotatable bonds is 3. The normalized spacial score (nSPS) is 15.5. The third kappa shape index (κ3) is 5.11. The molecule has 2 rings (SSSR count). The lowest BCUT2D eigenvalue weighted by Crippen LogP contribution is -2.53. The summed E-state index contributed by atoms with van der Waals surface area (Å²) in [7, 11) is 0. The molecular weight excluding hydrogens is 292 g/mol. The molecule has 1 heterocycles. The minimum absolute atomic E-state index is 0.00665. The Kier molecular flexibility index (Phi) is 6.19. The van der Waals surface area contributed by atoms with Crippen LogP contribution >= 0.6 is 0 Å². The van der Waals surface area contributed by atoms with Gasteiger partial charge in [-0.05, 0) is 18.1 Å². The lowest BCUT2D eigenvalue weighted by Gasteiger charge is -2.31. The first-order valence-electron chi connectivity index (χ1n) is 7.82. The van der Waals surface area contributed by atoms with Crippen LogP contribution in [0.4, 0.5) is 0 Å². The van der Waals surface area contributed by atoms with Crippen LogP contribution in [0.3, 0.4) is 0 Å². The van der Waals surface area contributed by atoms with Crippen molar-refractivity contribution in [2.75, 3.05) is 26.3 Å². The van der Waals surface area contributed by atoms with E-state index in [9.17, 15) is 9.59 Å². The van der Waals surface area contributed by atoms with Gasteiger partial charge < -0.3 is 15.0 Å². The molecular formula is C18H22N2O3. The van der Waals surface area contributed by atoms with Gasteiger partial charge in [-0.1, -0.05) is 38.0 Å². The highest BCUT2D eigenvalue weighted by Crippen LogP contribution is 2.08. The molecule has 1 aromatic rings. The second-order valence-electron chi connectivity index (χ2n) is 5.75. The molecule has 0 bridgehead atoms. The number of hydrogen-bond donors (Lipinski definition) is 1. The summed E-state index contributed by atoms with van der Waals surface area (Å²) in [6.07, 6.45) is 0. The number of ether oxygens (including phenoxy) is 1. The molecule has 1 atom stereocenters. The first-order chi connectivity index (χ1) is 11.1. The van der Waals surface area contributed by atoms with E-state index in [4.69, 9.17) is 4.74 Å². The zero-order chi connectivity index (χ0) is 16.7. The number of nitrogens with one attached hydrogen (secondary N) is 1. The zero-order valence-electron chi connectivity index (χ0n) is 13.5. The van der Waals surface area contributed by atoms with Gasteiger partial charge in [-0.3, -0.25) is 9.59 Å².